The Balaban J connectivity index is 1.54. The lowest BCUT2D eigenvalue weighted by molar-refractivity contribution is 0.0561. The van der Waals surface area contributed by atoms with Crippen LogP contribution >= 0.6 is 0 Å². The zero-order chi connectivity index (χ0) is 17.6. The van der Waals surface area contributed by atoms with Gasteiger partial charge in [-0.3, -0.25) is 9.69 Å². The van der Waals surface area contributed by atoms with E-state index in [2.05, 4.69) is 16.8 Å². The molecule has 0 unspecified atom stereocenters. The summed E-state index contributed by atoms with van der Waals surface area (Å²) in [5.41, 5.74) is 0.685. The van der Waals surface area contributed by atoms with Crippen molar-refractivity contribution in [2.75, 3.05) is 52.9 Å². The molecular weight excluding hydrogens is 314 g/mol. The van der Waals surface area contributed by atoms with Crippen molar-refractivity contribution in [1.29, 1.82) is 0 Å². The first-order valence-electron chi connectivity index (χ1n) is 9.62. The Kier molecular flexibility index (Phi) is 6.32. The number of amides is 1. The first-order valence-corrected chi connectivity index (χ1v) is 9.62. The largest absolute Gasteiger partial charge is 0.493 e. The number of para-hydroxylation sites is 1. The zero-order valence-electron chi connectivity index (χ0n) is 15.6. The van der Waals surface area contributed by atoms with Crippen molar-refractivity contribution in [3.63, 3.8) is 0 Å². The zero-order valence-corrected chi connectivity index (χ0v) is 15.6. The van der Waals surface area contributed by atoms with Gasteiger partial charge in [-0.25, -0.2) is 0 Å². The molecule has 25 heavy (non-hydrogen) atoms. The fourth-order valence-electron chi connectivity index (χ4n) is 3.90. The summed E-state index contributed by atoms with van der Waals surface area (Å²) in [6.45, 7) is 8.41. The second-order valence-electron chi connectivity index (χ2n) is 7.15. The van der Waals surface area contributed by atoms with Crippen LogP contribution in [-0.4, -0.2) is 79.6 Å². The van der Waals surface area contributed by atoms with Gasteiger partial charge in [0, 0.05) is 38.8 Å². The number of benzene rings is 1. The van der Waals surface area contributed by atoms with Gasteiger partial charge >= 0.3 is 0 Å². The van der Waals surface area contributed by atoms with E-state index in [1.165, 1.54) is 25.8 Å². The summed E-state index contributed by atoms with van der Waals surface area (Å²) in [7, 11) is 2.24. The molecule has 138 valence electrons. The predicted molar refractivity (Wildman–Crippen MR) is 100 cm³/mol. The lowest BCUT2D eigenvalue weighted by Crippen LogP contribution is -2.53. The van der Waals surface area contributed by atoms with Gasteiger partial charge in [0.2, 0.25) is 0 Å². The van der Waals surface area contributed by atoms with Gasteiger partial charge in [-0.1, -0.05) is 18.6 Å². The van der Waals surface area contributed by atoms with Crippen molar-refractivity contribution >= 4 is 5.91 Å². The molecule has 5 heteroatoms. The number of rotatable bonds is 5. The first-order chi connectivity index (χ1) is 12.2. The smallest absolute Gasteiger partial charge is 0.257 e. The lowest BCUT2D eigenvalue weighted by atomic mass is 10.0. The SMILES string of the molecule is CCOc1ccccc1C(=O)N1CCN(C[C@@H]2CCCCN2C)CC1. The third-order valence-electron chi connectivity index (χ3n) is 5.47. The fraction of sp³-hybridized carbons (Fsp3) is 0.650. The average molecular weight is 345 g/mol. The molecule has 0 radical (unpaired) electrons. The number of carbonyl (C=O) groups is 1. The number of hydrogen-bond donors (Lipinski definition) is 0. The van der Waals surface area contributed by atoms with E-state index in [1.54, 1.807) is 0 Å². The molecule has 1 amide bonds. The van der Waals surface area contributed by atoms with Crippen molar-refractivity contribution in [2.45, 2.75) is 32.2 Å². The number of likely N-dealkylation sites (tertiary alicyclic amines) is 1. The van der Waals surface area contributed by atoms with Crippen LogP contribution in [0.15, 0.2) is 24.3 Å². The van der Waals surface area contributed by atoms with Crippen LogP contribution in [-0.2, 0) is 0 Å². The van der Waals surface area contributed by atoms with E-state index >= 15 is 0 Å². The molecule has 5 nitrogen and oxygen atoms in total. The molecule has 0 saturated carbocycles. The maximum atomic E-state index is 12.9. The van der Waals surface area contributed by atoms with Gasteiger partial charge in [-0.15, -0.1) is 0 Å². The third kappa shape index (κ3) is 4.53. The molecule has 3 rings (SSSR count). The normalized spacial score (nSPS) is 22.8. The van der Waals surface area contributed by atoms with Crippen LogP contribution in [0.4, 0.5) is 0 Å². The minimum absolute atomic E-state index is 0.0958. The highest BCUT2D eigenvalue weighted by Gasteiger charge is 2.27. The molecule has 2 aliphatic heterocycles. The number of carbonyl (C=O) groups excluding carboxylic acids is 1. The van der Waals surface area contributed by atoms with E-state index in [9.17, 15) is 4.79 Å². The average Bonchev–Trinajstić information content (AvgIpc) is 2.64. The van der Waals surface area contributed by atoms with E-state index in [1.807, 2.05) is 36.1 Å². The highest BCUT2D eigenvalue weighted by molar-refractivity contribution is 5.97. The van der Waals surface area contributed by atoms with Crippen LogP contribution < -0.4 is 4.74 Å². The Hall–Kier alpha value is -1.59. The van der Waals surface area contributed by atoms with Crippen molar-refractivity contribution < 1.29 is 9.53 Å². The maximum absolute atomic E-state index is 12.9. The Morgan fingerprint density at radius 1 is 1.12 bits per heavy atom. The molecule has 1 atom stereocenters. The fourth-order valence-corrected chi connectivity index (χ4v) is 3.90. The molecule has 2 fully saturated rings. The van der Waals surface area contributed by atoms with Gasteiger partial charge in [0.15, 0.2) is 0 Å². The highest BCUT2D eigenvalue weighted by Crippen LogP contribution is 2.21. The molecule has 0 spiro atoms. The first kappa shape index (κ1) is 18.2. The number of nitrogens with zero attached hydrogens (tertiary/aromatic N) is 3. The number of ether oxygens (including phenoxy) is 1. The molecule has 0 aromatic heterocycles. The molecule has 2 heterocycles. The third-order valence-corrected chi connectivity index (χ3v) is 5.47. The van der Waals surface area contributed by atoms with Gasteiger partial charge in [-0.05, 0) is 45.5 Å². The van der Waals surface area contributed by atoms with E-state index in [-0.39, 0.29) is 5.91 Å². The van der Waals surface area contributed by atoms with Gasteiger partial charge < -0.3 is 14.5 Å². The monoisotopic (exact) mass is 345 g/mol. The molecule has 1 aromatic rings. The second-order valence-corrected chi connectivity index (χ2v) is 7.15. The standard InChI is InChI=1S/C20H31N3O2/c1-3-25-19-10-5-4-9-18(19)20(24)23-14-12-22(13-15-23)16-17-8-6-7-11-21(17)2/h4-5,9-10,17H,3,6-8,11-16H2,1-2H3/t17-/m0/s1. The van der Waals surface area contributed by atoms with Crippen LogP contribution in [0.25, 0.3) is 0 Å². The summed E-state index contributed by atoms with van der Waals surface area (Å²) in [6, 6.07) is 8.25. The molecule has 0 bridgehead atoms. The Morgan fingerprint density at radius 2 is 1.88 bits per heavy atom. The van der Waals surface area contributed by atoms with Crippen LogP contribution in [0.1, 0.15) is 36.5 Å². The molecular formula is C20H31N3O2. The van der Waals surface area contributed by atoms with Gasteiger partial charge in [0.05, 0.1) is 12.2 Å². The molecule has 2 aliphatic rings. The lowest BCUT2D eigenvalue weighted by Gasteiger charge is -2.40. The Labute approximate surface area is 151 Å². The van der Waals surface area contributed by atoms with Gasteiger partial charge in [0.1, 0.15) is 5.75 Å². The maximum Gasteiger partial charge on any atom is 0.257 e. The topological polar surface area (TPSA) is 36.0 Å². The molecule has 0 aliphatic carbocycles. The predicted octanol–water partition coefficient (Wildman–Crippen LogP) is 2.33. The number of piperidine rings is 1. The summed E-state index contributed by atoms with van der Waals surface area (Å²) in [4.78, 5) is 19.9. The summed E-state index contributed by atoms with van der Waals surface area (Å²) in [5, 5.41) is 0. The summed E-state index contributed by atoms with van der Waals surface area (Å²) < 4.78 is 5.62. The van der Waals surface area contributed by atoms with Crippen molar-refractivity contribution in [1.82, 2.24) is 14.7 Å². The second kappa shape index (κ2) is 8.68. The van der Waals surface area contributed by atoms with Crippen molar-refractivity contribution in [3.05, 3.63) is 29.8 Å². The van der Waals surface area contributed by atoms with E-state index < -0.39 is 0 Å². The molecule has 1 aromatic carbocycles. The van der Waals surface area contributed by atoms with Crippen LogP contribution in [0, 0.1) is 0 Å². The van der Waals surface area contributed by atoms with Crippen LogP contribution in [0.3, 0.4) is 0 Å². The van der Waals surface area contributed by atoms with Gasteiger partial charge in [-0.2, -0.15) is 0 Å². The van der Waals surface area contributed by atoms with E-state index in [4.69, 9.17) is 4.74 Å². The van der Waals surface area contributed by atoms with Gasteiger partial charge in [0.25, 0.3) is 5.91 Å². The van der Waals surface area contributed by atoms with Crippen molar-refractivity contribution in [3.8, 4) is 5.75 Å². The number of piperazine rings is 1. The summed E-state index contributed by atoms with van der Waals surface area (Å²) >= 11 is 0. The van der Waals surface area contributed by atoms with E-state index in [0.717, 1.165) is 32.7 Å². The number of likely N-dealkylation sites (N-methyl/N-ethyl adjacent to an activating group) is 1. The quantitative estimate of drug-likeness (QED) is 0.821. The Bertz CT molecular complexity index is 570. The van der Waals surface area contributed by atoms with E-state index in [0.29, 0.717) is 24.0 Å². The minimum Gasteiger partial charge on any atom is -0.493 e. The minimum atomic E-state index is 0.0958. The highest BCUT2D eigenvalue weighted by atomic mass is 16.5. The van der Waals surface area contributed by atoms with Crippen LogP contribution in [0.5, 0.6) is 5.75 Å². The Morgan fingerprint density at radius 3 is 2.60 bits per heavy atom. The molecule has 2 saturated heterocycles. The summed E-state index contributed by atoms with van der Waals surface area (Å²) in [5.74, 6) is 0.791. The summed E-state index contributed by atoms with van der Waals surface area (Å²) in [6.07, 6.45) is 3.98. The van der Waals surface area contributed by atoms with Crippen molar-refractivity contribution in [2.24, 2.45) is 0 Å². The molecule has 0 N–H and O–H groups in total. The number of hydrogen-bond acceptors (Lipinski definition) is 4. The van der Waals surface area contributed by atoms with Crippen LogP contribution in [0.2, 0.25) is 0 Å².